The number of fused-ring (bicyclic) bond motifs is 1. The van der Waals surface area contributed by atoms with Crippen LogP contribution in [0.5, 0.6) is 0 Å². The molecule has 0 aliphatic carbocycles. The Hall–Kier alpha value is -2.37. The van der Waals surface area contributed by atoms with Crippen molar-refractivity contribution in [3.05, 3.63) is 30.1 Å². The number of hydrogen-bond acceptors (Lipinski definition) is 3. The van der Waals surface area contributed by atoms with Crippen molar-refractivity contribution < 1.29 is 9.59 Å². The topological polar surface area (TPSA) is 67.2 Å². The molecule has 1 aromatic heterocycles. The molecule has 0 saturated carbocycles. The van der Waals surface area contributed by atoms with Gasteiger partial charge < -0.3 is 14.8 Å². The number of likely N-dealkylation sites (N-methyl/N-ethyl adjacent to an activating group) is 1. The minimum atomic E-state index is -0.345. The van der Waals surface area contributed by atoms with Crippen LogP contribution in [0.25, 0.3) is 11.0 Å². The third-order valence-electron chi connectivity index (χ3n) is 5.19. The highest BCUT2D eigenvalue weighted by Gasteiger charge is 2.20. The lowest BCUT2D eigenvalue weighted by Crippen LogP contribution is -2.35. The standard InChI is InChI=1S/C23H36N4O2/c1-6-26(7-2)21(28)17-27-19-14-11-10-13-18(19)25-20(27)15-9-8-12-16-24-22(29)23(3,4)5/h10-11,13-14H,6-9,12,15-17H2,1-5H3,(H,24,29). The van der Waals surface area contributed by atoms with Crippen molar-refractivity contribution in [2.75, 3.05) is 19.6 Å². The first-order valence-corrected chi connectivity index (χ1v) is 10.8. The summed E-state index contributed by atoms with van der Waals surface area (Å²) in [6.07, 6.45) is 3.76. The first-order chi connectivity index (χ1) is 13.8. The predicted octanol–water partition coefficient (Wildman–Crippen LogP) is 3.78. The lowest BCUT2D eigenvalue weighted by Gasteiger charge is -2.20. The largest absolute Gasteiger partial charge is 0.356 e. The smallest absolute Gasteiger partial charge is 0.242 e. The minimum Gasteiger partial charge on any atom is -0.356 e. The van der Waals surface area contributed by atoms with Gasteiger partial charge in [0.05, 0.1) is 11.0 Å². The van der Waals surface area contributed by atoms with E-state index < -0.39 is 0 Å². The highest BCUT2D eigenvalue weighted by atomic mass is 16.2. The van der Waals surface area contributed by atoms with Crippen LogP contribution in [0.2, 0.25) is 0 Å². The molecule has 6 heteroatoms. The van der Waals surface area contributed by atoms with Crippen LogP contribution in [-0.2, 0) is 22.6 Å². The van der Waals surface area contributed by atoms with Crippen LogP contribution in [0.4, 0.5) is 0 Å². The van der Waals surface area contributed by atoms with Gasteiger partial charge in [-0.1, -0.05) is 39.3 Å². The van der Waals surface area contributed by atoms with Gasteiger partial charge in [-0.05, 0) is 38.8 Å². The average Bonchev–Trinajstić information content (AvgIpc) is 3.02. The number of carbonyl (C=O) groups is 2. The Morgan fingerprint density at radius 3 is 2.41 bits per heavy atom. The van der Waals surface area contributed by atoms with Gasteiger partial charge in [-0.3, -0.25) is 9.59 Å². The maximum atomic E-state index is 12.7. The fraction of sp³-hybridized carbons (Fsp3) is 0.609. The van der Waals surface area contributed by atoms with Gasteiger partial charge in [0.2, 0.25) is 11.8 Å². The van der Waals surface area contributed by atoms with Gasteiger partial charge in [-0.15, -0.1) is 0 Å². The number of amides is 2. The van der Waals surface area contributed by atoms with Gasteiger partial charge in [0.25, 0.3) is 0 Å². The molecule has 2 rings (SSSR count). The van der Waals surface area contributed by atoms with Crippen molar-refractivity contribution >= 4 is 22.8 Å². The second-order valence-corrected chi connectivity index (χ2v) is 8.49. The maximum absolute atomic E-state index is 12.7. The molecule has 1 aromatic carbocycles. The fourth-order valence-electron chi connectivity index (χ4n) is 3.36. The summed E-state index contributed by atoms with van der Waals surface area (Å²) >= 11 is 0. The quantitative estimate of drug-likeness (QED) is 0.617. The van der Waals surface area contributed by atoms with E-state index in [1.54, 1.807) is 0 Å². The van der Waals surface area contributed by atoms with E-state index in [2.05, 4.69) is 9.88 Å². The molecular formula is C23H36N4O2. The van der Waals surface area contributed by atoms with Crippen LogP contribution in [0, 0.1) is 5.41 Å². The summed E-state index contributed by atoms with van der Waals surface area (Å²) in [7, 11) is 0. The molecule has 0 saturated heterocycles. The van der Waals surface area contributed by atoms with E-state index in [1.807, 2.05) is 63.8 Å². The van der Waals surface area contributed by atoms with Crippen molar-refractivity contribution in [1.29, 1.82) is 0 Å². The second-order valence-electron chi connectivity index (χ2n) is 8.49. The number of hydrogen-bond donors (Lipinski definition) is 1. The van der Waals surface area contributed by atoms with Crippen LogP contribution >= 0.6 is 0 Å². The van der Waals surface area contributed by atoms with E-state index in [-0.39, 0.29) is 17.2 Å². The Kier molecular flexibility index (Phi) is 8.23. The van der Waals surface area contributed by atoms with Crippen LogP contribution in [0.3, 0.4) is 0 Å². The summed E-state index contributed by atoms with van der Waals surface area (Å²) in [5.74, 6) is 1.18. The number of aryl methyl sites for hydroxylation is 1. The minimum absolute atomic E-state index is 0.0919. The lowest BCUT2D eigenvalue weighted by molar-refractivity contribution is -0.131. The molecule has 0 unspecified atom stereocenters. The van der Waals surface area contributed by atoms with Gasteiger partial charge in [-0.25, -0.2) is 4.98 Å². The normalized spacial score (nSPS) is 11.6. The highest BCUT2D eigenvalue weighted by molar-refractivity contribution is 5.81. The molecule has 0 radical (unpaired) electrons. The van der Waals surface area contributed by atoms with E-state index >= 15 is 0 Å². The maximum Gasteiger partial charge on any atom is 0.242 e. The summed E-state index contributed by atoms with van der Waals surface area (Å²) in [5.41, 5.74) is 1.61. The molecule has 0 spiro atoms. The molecule has 0 bridgehead atoms. The van der Waals surface area contributed by atoms with Crippen molar-refractivity contribution in [1.82, 2.24) is 19.8 Å². The van der Waals surface area contributed by atoms with Crippen LogP contribution in [-0.4, -0.2) is 45.9 Å². The zero-order valence-electron chi connectivity index (χ0n) is 18.6. The molecule has 6 nitrogen and oxygen atoms in total. The van der Waals surface area contributed by atoms with Crippen LogP contribution in [0.15, 0.2) is 24.3 Å². The molecule has 2 amide bonds. The van der Waals surface area contributed by atoms with Gasteiger partial charge in [0, 0.05) is 31.5 Å². The Morgan fingerprint density at radius 1 is 1.07 bits per heavy atom. The second kappa shape index (κ2) is 10.4. The molecule has 160 valence electrons. The summed E-state index contributed by atoms with van der Waals surface area (Å²) in [5, 5.41) is 3.00. The van der Waals surface area contributed by atoms with E-state index in [9.17, 15) is 9.59 Å². The lowest BCUT2D eigenvalue weighted by atomic mass is 9.96. The number of unbranched alkanes of at least 4 members (excludes halogenated alkanes) is 2. The van der Waals surface area contributed by atoms with Crippen molar-refractivity contribution in [3.8, 4) is 0 Å². The number of imidazole rings is 1. The Bertz CT molecular complexity index is 816. The molecule has 0 aliphatic heterocycles. The number of rotatable bonds is 10. The summed E-state index contributed by atoms with van der Waals surface area (Å²) in [6, 6.07) is 8.00. The zero-order valence-corrected chi connectivity index (χ0v) is 18.6. The molecular weight excluding hydrogens is 364 g/mol. The third kappa shape index (κ3) is 6.31. The number of nitrogens with zero attached hydrogens (tertiary/aromatic N) is 3. The SMILES string of the molecule is CCN(CC)C(=O)Cn1c(CCCCCNC(=O)C(C)(C)C)nc2ccccc21. The number of aromatic nitrogens is 2. The van der Waals surface area contributed by atoms with Gasteiger partial charge in [0.1, 0.15) is 12.4 Å². The van der Waals surface area contributed by atoms with E-state index in [0.29, 0.717) is 13.1 Å². The molecule has 1 N–H and O–H groups in total. The predicted molar refractivity (Wildman–Crippen MR) is 118 cm³/mol. The molecule has 0 atom stereocenters. The number of carbonyl (C=O) groups excluding carboxylic acids is 2. The summed E-state index contributed by atoms with van der Waals surface area (Å²) < 4.78 is 2.07. The van der Waals surface area contributed by atoms with Crippen molar-refractivity contribution in [2.45, 2.75) is 66.8 Å². The van der Waals surface area contributed by atoms with E-state index in [4.69, 9.17) is 4.98 Å². The molecule has 29 heavy (non-hydrogen) atoms. The monoisotopic (exact) mass is 400 g/mol. The summed E-state index contributed by atoms with van der Waals surface area (Å²) in [4.78, 5) is 31.2. The van der Waals surface area contributed by atoms with Gasteiger partial charge >= 0.3 is 0 Å². The third-order valence-corrected chi connectivity index (χ3v) is 5.19. The zero-order chi connectivity index (χ0) is 21.4. The number of nitrogens with one attached hydrogen (secondary N) is 1. The fourth-order valence-corrected chi connectivity index (χ4v) is 3.36. The highest BCUT2D eigenvalue weighted by Crippen LogP contribution is 2.18. The Morgan fingerprint density at radius 2 is 1.76 bits per heavy atom. The molecule has 0 fully saturated rings. The van der Waals surface area contributed by atoms with Gasteiger partial charge in [-0.2, -0.15) is 0 Å². The molecule has 2 aromatic rings. The van der Waals surface area contributed by atoms with Crippen LogP contribution < -0.4 is 5.32 Å². The van der Waals surface area contributed by atoms with Crippen molar-refractivity contribution in [2.24, 2.45) is 5.41 Å². The average molecular weight is 401 g/mol. The first kappa shape index (κ1) is 22.9. The van der Waals surface area contributed by atoms with Gasteiger partial charge in [0.15, 0.2) is 0 Å². The first-order valence-electron chi connectivity index (χ1n) is 10.8. The summed E-state index contributed by atoms with van der Waals surface area (Å²) in [6.45, 7) is 12.3. The molecule has 0 aliphatic rings. The molecule has 1 heterocycles. The Balaban J connectivity index is 1.96. The van der Waals surface area contributed by atoms with Crippen LogP contribution in [0.1, 0.15) is 59.7 Å². The van der Waals surface area contributed by atoms with Crippen molar-refractivity contribution in [3.63, 3.8) is 0 Å². The Labute approximate surface area is 174 Å². The number of para-hydroxylation sites is 2. The number of benzene rings is 1. The van der Waals surface area contributed by atoms with E-state index in [1.165, 1.54) is 0 Å². The van der Waals surface area contributed by atoms with E-state index in [0.717, 1.165) is 55.6 Å².